The number of aromatic nitrogens is 3. The first kappa shape index (κ1) is 22.0. The van der Waals surface area contributed by atoms with Crippen LogP contribution in [0.3, 0.4) is 0 Å². The van der Waals surface area contributed by atoms with Crippen molar-refractivity contribution in [3.05, 3.63) is 95.3 Å². The van der Waals surface area contributed by atoms with Gasteiger partial charge in [-0.15, -0.1) is 0 Å². The molecule has 8 heteroatoms. The zero-order valence-corrected chi connectivity index (χ0v) is 20.3. The number of fused-ring (bicyclic) bond motifs is 3. The number of hydrogen-bond acceptors (Lipinski definition) is 7. The van der Waals surface area contributed by atoms with Crippen molar-refractivity contribution in [3.63, 3.8) is 0 Å². The van der Waals surface area contributed by atoms with Crippen molar-refractivity contribution in [2.45, 2.75) is 19.1 Å². The first-order chi connectivity index (χ1) is 17.7. The minimum atomic E-state index is -0.431. The van der Waals surface area contributed by atoms with Crippen molar-refractivity contribution in [2.24, 2.45) is 0 Å². The quantitative estimate of drug-likeness (QED) is 0.402. The zero-order valence-electron chi connectivity index (χ0n) is 20.3. The van der Waals surface area contributed by atoms with Crippen LogP contribution in [0.15, 0.2) is 78.6 Å². The van der Waals surface area contributed by atoms with Gasteiger partial charge in [-0.1, -0.05) is 36.4 Å². The maximum Gasteiger partial charge on any atom is 0.226 e. The van der Waals surface area contributed by atoms with Crippen LogP contribution in [0.1, 0.15) is 35.8 Å². The predicted molar refractivity (Wildman–Crippen MR) is 136 cm³/mol. The smallest absolute Gasteiger partial charge is 0.226 e. The summed E-state index contributed by atoms with van der Waals surface area (Å²) >= 11 is 0. The molecule has 36 heavy (non-hydrogen) atoms. The number of para-hydroxylation sites is 2. The molecule has 3 aromatic carbocycles. The molecule has 2 atom stereocenters. The van der Waals surface area contributed by atoms with Crippen LogP contribution in [0.25, 0.3) is 5.70 Å². The number of methoxy groups -OCH3 is 2. The Morgan fingerprint density at radius 3 is 2.58 bits per heavy atom. The van der Waals surface area contributed by atoms with Gasteiger partial charge in [0.15, 0.2) is 11.5 Å². The average molecular weight is 483 g/mol. The lowest BCUT2D eigenvalue weighted by Crippen LogP contribution is -2.32. The van der Waals surface area contributed by atoms with Crippen molar-refractivity contribution in [1.82, 2.24) is 14.8 Å². The van der Waals surface area contributed by atoms with E-state index in [1.165, 1.54) is 0 Å². The molecule has 0 unspecified atom stereocenters. The highest BCUT2D eigenvalue weighted by molar-refractivity contribution is 5.85. The van der Waals surface area contributed by atoms with Crippen molar-refractivity contribution in [1.29, 1.82) is 0 Å². The van der Waals surface area contributed by atoms with Gasteiger partial charge in [-0.05, 0) is 37.3 Å². The molecule has 2 aliphatic rings. The summed E-state index contributed by atoms with van der Waals surface area (Å²) in [6.45, 7) is 2.50. The molecule has 2 aliphatic heterocycles. The molecule has 0 saturated carbocycles. The van der Waals surface area contributed by atoms with Crippen LogP contribution in [0, 0.1) is 0 Å². The normalized spacial score (nSPS) is 17.8. The first-order valence-corrected chi connectivity index (χ1v) is 11.8. The highest BCUT2D eigenvalue weighted by Gasteiger charge is 2.42. The Morgan fingerprint density at radius 1 is 0.944 bits per heavy atom. The zero-order chi connectivity index (χ0) is 24.6. The molecule has 0 spiro atoms. The molecular weight excluding hydrogens is 456 g/mol. The van der Waals surface area contributed by atoms with E-state index in [1.807, 2.05) is 66.2 Å². The van der Waals surface area contributed by atoms with Crippen LogP contribution in [-0.2, 0) is 0 Å². The second-order valence-electron chi connectivity index (χ2n) is 8.47. The number of nitrogens with zero attached hydrogens (tertiary/aromatic N) is 3. The molecule has 0 saturated heterocycles. The van der Waals surface area contributed by atoms with E-state index in [4.69, 9.17) is 18.9 Å². The van der Waals surface area contributed by atoms with Gasteiger partial charge in [-0.25, -0.2) is 4.68 Å². The topological polar surface area (TPSA) is 79.7 Å². The van der Waals surface area contributed by atoms with Crippen LogP contribution < -0.4 is 24.3 Å². The van der Waals surface area contributed by atoms with Crippen LogP contribution in [0.2, 0.25) is 0 Å². The van der Waals surface area contributed by atoms with E-state index in [0.29, 0.717) is 24.1 Å². The highest BCUT2D eigenvalue weighted by atomic mass is 16.5. The van der Waals surface area contributed by atoms with Crippen LogP contribution in [0.4, 0.5) is 5.95 Å². The van der Waals surface area contributed by atoms with Gasteiger partial charge in [-0.2, -0.15) is 10.1 Å². The van der Waals surface area contributed by atoms with Gasteiger partial charge >= 0.3 is 0 Å². The molecule has 0 radical (unpaired) electrons. The van der Waals surface area contributed by atoms with E-state index < -0.39 is 6.10 Å². The molecule has 1 aromatic heterocycles. The third kappa shape index (κ3) is 3.45. The molecule has 0 fully saturated rings. The third-order valence-corrected chi connectivity index (χ3v) is 6.55. The van der Waals surface area contributed by atoms with Gasteiger partial charge in [0.2, 0.25) is 5.95 Å². The van der Waals surface area contributed by atoms with Gasteiger partial charge in [-0.3, -0.25) is 0 Å². The standard InChI is InChI=1S/C28H26N4O4/c1-4-35-22-14-13-17(15-23(22)34-3)27-24-25(18-9-5-8-12-21(18)36-27)31-28-29-16-30-32(28)26(24)19-10-6-7-11-20(19)33-2/h5-16,26-27H,4H2,1-3H3,(H,29,30,31)/t26-,27+/m0/s1. The molecule has 4 aromatic rings. The maximum atomic E-state index is 6.71. The fourth-order valence-electron chi connectivity index (χ4n) is 5.01. The van der Waals surface area contributed by atoms with Crippen molar-refractivity contribution in [2.75, 3.05) is 26.1 Å². The van der Waals surface area contributed by atoms with Crippen molar-refractivity contribution >= 4 is 11.6 Å². The minimum absolute atomic E-state index is 0.314. The summed E-state index contributed by atoms with van der Waals surface area (Å²) in [6, 6.07) is 21.6. The van der Waals surface area contributed by atoms with E-state index in [2.05, 4.69) is 27.5 Å². The molecule has 182 valence electrons. The molecule has 6 rings (SSSR count). The summed E-state index contributed by atoms with van der Waals surface area (Å²) in [4.78, 5) is 4.50. The number of ether oxygens (including phenoxy) is 4. The Labute approximate surface area is 209 Å². The monoisotopic (exact) mass is 482 g/mol. The molecule has 3 heterocycles. The van der Waals surface area contributed by atoms with Gasteiger partial charge in [0.05, 0.1) is 26.5 Å². The van der Waals surface area contributed by atoms with Gasteiger partial charge in [0, 0.05) is 22.3 Å². The summed E-state index contributed by atoms with van der Waals surface area (Å²) < 4.78 is 25.8. The highest BCUT2D eigenvalue weighted by Crippen LogP contribution is 2.52. The number of nitrogens with one attached hydrogen (secondary N) is 1. The molecule has 0 aliphatic carbocycles. The summed E-state index contributed by atoms with van der Waals surface area (Å²) in [5.41, 5.74) is 4.82. The average Bonchev–Trinajstić information content (AvgIpc) is 3.40. The number of rotatable bonds is 6. The summed E-state index contributed by atoms with van der Waals surface area (Å²) in [5, 5.41) is 8.11. The molecule has 8 nitrogen and oxygen atoms in total. The van der Waals surface area contributed by atoms with E-state index in [0.717, 1.165) is 39.5 Å². The molecule has 1 N–H and O–H groups in total. The predicted octanol–water partition coefficient (Wildman–Crippen LogP) is 5.25. The lowest BCUT2D eigenvalue weighted by atomic mass is 9.84. The van der Waals surface area contributed by atoms with Crippen molar-refractivity contribution in [3.8, 4) is 23.0 Å². The molecular formula is C28H26N4O4. The van der Waals surface area contributed by atoms with Crippen LogP contribution >= 0.6 is 0 Å². The Balaban J connectivity index is 1.60. The van der Waals surface area contributed by atoms with E-state index in [9.17, 15) is 0 Å². The fourth-order valence-corrected chi connectivity index (χ4v) is 5.01. The fraction of sp³-hybridized carbons (Fsp3) is 0.214. The Hall–Kier alpha value is -4.46. The third-order valence-electron chi connectivity index (χ3n) is 6.55. The lowest BCUT2D eigenvalue weighted by molar-refractivity contribution is 0.221. The Morgan fingerprint density at radius 2 is 1.75 bits per heavy atom. The molecule has 0 bridgehead atoms. The molecule has 0 amide bonds. The number of anilines is 1. The summed E-state index contributed by atoms with van der Waals surface area (Å²) in [6.07, 6.45) is 1.13. The van der Waals surface area contributed by atoms with E-state index in [-0.39, 0.29) is 6.04 Å². The van der Waals surface area contributed by atoms with E-state index in [1.54, 1.807) is 20.5 Å². The summed E-state index contributed by atoms with van der Waals surface area (Å²) in [7, 11) is 3.32. The maximum absolute atomic E-state index is 6.71. The Bertz CT molecular complexity index is 1460. The largest absolute Gasteiger partial charge is 0.496 e. The second kappa shape index (κ2) is 8.96. The lowest BCUT2D eigenvalue weighted by Gasteiger charge is -2.39. The SMILES string of the molecule is CCOc1ccc([C@H]2Oc3ccccc3C3=C2[C@H](c2ccccc2OC)n2ncnc2N3)cc1OC. The second-order valence-corrected chi connectivity index (χ2v) is 8.47. The number of hydrogen-bond donors (Lipinski definition) is 1. The van der Waals surface area contributed by atoms with Crippen LogP contribution in [-0.4, -0.2) is 35.6 Å². The summed E-state index contributed by atoms with van der Waals surface area (Å²) in [5.74, 6) is 3.55. The Kier molecular flexibility index (Phi) is 5.48. The van der Waals surface area contributed by atoms with Crippen LogP contribution in [0.5, 0.6) is 23.0 Å². The minimum Gasteiger partial charge on any atom is -0.496 e. The van der Waals surface area contributed by atoms with Gasteiger partial charge < -0.3 is 24.3 Å². The van der Waals surface area contributed by atoms with Gasteiger partial charge in [0.25, 0.3) is 0 Å². The van der Waals surface area contributed by atoms with E-state index >= 15 is 0 Å². The number of benzene rings is 3. The van der Waals surface area contributed by atoms with Crippen molar-refractivity contribution < 1.29 is 18.9 Å². The van der Waals surface area contributed by atoms with Gasteiger partial charge in [0.1, 0.15) is 30.0 Å². The first-order valence-electron chi connectivity index (χ1n) is 11.8.